The molecule has 0 aliphatic rings. The van der Waals surface area contributed by atoms with E-state index in [0.29, 0.717) is 5.75 Å². The SMILES string of the molecule is CC(C)(SCc1cncc(Br)c1)C(=O)O. The highest BCUT2D eigenvalue weighted by Gasteiger charge is 2.27. The molecule has 0 bridgehead atoms. The predicted octanol–water partition coefficient (Wildman–Crippen LogP) is 2.94. The number of thioether (sulfide) groups is 1. The lowest BCUT2D eigenvalue weighted by atomic mass is 10.2. The van der Waals surface area contributed by atoms with Gasteiger partial charge in [-0.25, -0.2) is 0 Å². The zero-order chi connectivity index (χ0) is 11.5. The molecule has 1 heterocycles. The van der Waals surface area contributed by atoms with Crippen LogP contribution in [0.4, 0.5) is 0 Å². The normalized spacial score (nSPS) is 11.4. The molecule has 0 unspecified atom stereocenters. The standard InChI is InChI=1S/C10H12BrNO2S/c1-10(2,9(13)14)15-6-7-3-8(11)5-12-4-7/h3-5H,6H2,1-2H3,(H,13,14). The first-order valence-corrected chi connectivity index (χ1v) is 6.16. The first-order valence-electron chi connectivity index (χ1n) is 4.38. The van der Waals surface area contributed by atoms with Crippen molar-refractivity contribution < 1.29 is 9.90 Å². The van der Waals surface area contributed by atoms with E-state index in [9.17, 15) is 4.79 Å². The number of pyridine rings is 1. The van der Waals surface area contributed by atoms with Crippen LogP contribution in [0.1, 0.15) is 19.4 Å². The Kier molecular flexibility index (Phi) is 4.16. The van der Waals surface area contributed by atoms with Gasteiger partial charge in [-0.15, -0.1) is 11.8 Å². The third kappa shape index (κ3) is 3.83. The summed E-state index contributed by atoms with van der Waals surface area (Å²) in [6.45, 7) is 3.40. The number of carboxylic acids is 1. The van der Waals surface area contributed by atoms with Crippen molar-refractivity contribution in [1.29, 1.82) is 0 Å². The molecule has 1 aromatic rings. The average molecular weight is 290 g/mol. The summed E-state index contributed by atoms with van der Waals surface area (Å²) in [6.07, 6.45) is 3.45. The van der Waals surface area contributed by atoms with E-state index >= 15 is 0 Å². The first-order chi connectivity index (χ1) is 6.92. The second-order valence-corrected chi connectivity index (χ2v) is 6.13. The van der Waals surface area contributed by atoms with E-state index in [4.69, 9.17) is 5.11 Å². The molecule has 0 saturated carbocycles. The zero-order valence-electron chi connectivity index (χ0n) is 8.53. The van der Waals surface area contributed by atoms with Crippen molar-refractivity contribution in [2.24, 2.45) is 0 Å². The maximum Gasteiger partial charge on any atom is 0.319 e. The summed E-state index contributed by atoms with van der Waals surface area (Å²) in [7, 11) is 0. The Balaban J connectivity index is 2.61. The zero-order valence-corrected chi connectivity index (χ0v) is 10.9. The Labute approximate surface area is 101 Å². The fraction of sp³-hybridized carbons (Fsp3) is 0.400. The minimum atomic E-state index is -0.796. The average Bonchev–Trinajstić information content (AvgIpc) is 2.15. The lowest BCUT2D eigenvalue weighted by Crippen LogP contribution is -2.27. The van der Waals surface area contributed by atoms with Gasteiger partial charge in [-0.1, -0.05) is 0 Å². The highest BCUT2D eigenvalue weighted by molar-refractivity contribution is 9.10. The van der Waals surface area contributed by atoms with Gasteiger partial charge in [0.1, 0.15) is 4.75 Å². The van der Waals surface area contributed by atoms with E-state index in [2.05, 4.69) is 20.9 Å². The van der Waals surface area contributed by atoms with E-state index < -0.39 is 10.7 Å². The molecule has 5 heteroatoms. The Bertz CT molecular complexity index is 368. The van der Waals surface area contributed by atoms with Crippen LogP contribution in [0.15, 0.2) is 22.9 Å². The Morgan fingerprint density at radius 1 is 1.60 bits per heavy atom. The molecule has 0 aliphatic heterocycles. The van der Waals surface area contributed by atoms with Crippen molar-refractivity contribution in [2.75, 3.05) is 0 Å². The van der Waals surface area contributed by atoms with Crippen LogP contribution in [0.3, 0.4) is 0 Å². The van der Waals surface area contributed by atoms with Crippen LogP contribution in [0.5, 0.6) is 0 Å². The molecule has 1 aromatic heterocycles. The predicted molar refractivity (Wildman–Crippen MR) is 64.9 cm³/mol. The van der Waals surface area contributed by atoms with Crippen LogP contribution < -0.4 is 0 Å². The molecule has 0 amide bonds. The van der Waals surface area contributed by atoms with Crippen LogP contribution >= 0.6 is 27.7 Å². The van der Waals surface area contributed by atoms with Crippen LogP contribution in [-0.4, -0.2) is 20.8 Å². The van der Waals surface area contributed by atoms with Crippen LogP contribution in [-0.2, 0) is 10.5 Å². The number of hydrogen-bond acceptors (Lipinski definition) is 3. The lowest BCUT2D eigenvalue weighted by molar-refractivity contribution is -0.138. The summed E-state index contributed by atoms with van der Waals surface area (Å²) in [4.78, 5) is 14.9. The van der Waals surface area contributed by atoms with E-state index in [1.807, 2.05) is 6.07 Å². The maximum absolute atomic E-state index is 10.9. The van der Waals surface area contributed by atoms with Gasteiger partial charge in [0.15, 0.2) is 0 Å². The fourth-order valence-corrected chi connectivity index (χ4v) is 2.08. The van der Waals surface area contributed by atoms with Gasteiger partial charge >= 0.3 is 5.97 Å². The number of nitrogens with zero attached hydrogens (tertiary/aromatic N) is 1. The second kappa shape index (κ2) is 4.99. The van der Waals surface area contributed by atoms with Gasteiger partial charge in [0.2, 0.25) is 0 Å². The molecular weight excluding hydrogens is 278 g/mol. The third-order valence-electron chi connectivity index (χ3n) is 1.88. The van der Waals surface area contributed by atoms with Crippen molar-refractivity contribution in [3.05, 3.63) is 28.5 Å². The highest BCUT2D eigenvalue weighted by atomic mass is 79.9. The Morgan fingerprint density at radius 3 is 2.80 bits per heavy atom. The number of aromatic nitrogens is 1. The van der Waals surface area contributed by atoms with Gasteiger partial charge in [0, 0.05) is 22.6 Å². The van der Waals surface area contributed by atoms with Crippen molar-refractivity contribution in [1.82, 2.24) is 4.98 Å². The number of carbonyl (C=O) groups is 1. The lowest BCUT2D eigenvalue weighted by Gasteiger charge is -2.18. The van der Waals surface area contributed by atoms with Crippen molar-refractivity contribution in [3.8, 4) is 0 Å². The molecule has 15 heavy (non-hydrogen) atoms. The third-order valence-corrected chi connectivity index (χ3v) is 3.68. The number of rotatable bonds is 4. The molecule has 0 aliphatic carbocycles. The minimum absolute atomic E-state index is 0.645. The van der Waals surface area contributed by atoms with Gasteiger partial charge in [0.25, 0.3) is 0 Å². The van der Waals surface area contributed by atoms with Crippen LogP contribution in [0.25, 0.3) is 0 Å². The highest BCUT2D eigenvalue weighted by Crippen LogP contribution is 2.28. The number of hydrogen-bond donors (Lipinski definition) is 1. The van der Waals surface area contributed by atoms with Crippen LogP contribution in [0.2, 0.25) is 0 Å². The number of carboxylic acid groups (broad SMARTS) is 1. The van der Waals surface area contributed by atoms with E-state index in [0.717, 1.165) is 10.0 Å². The molecule has 3 nitrogen and oxygen atoms in total. The Hall–Kier alpha value is -0.550. The van der Waals surface area contributed by atoms with E-state index in [1.165, 1.54) is 11.8 Å². The second-order valence-electron chi connectivity index (χ2n) is 3.62. The summed E-state index contributed by atoms with van der Waals surface area (Å²) in [5.41, 5.74) is 1.02. The molecule has 0 fully saturated rings. The molecule has 0 saturated heterocycles. The summed E-state index contributed by atoms with van der Waals surface area (Å²) < 4.78 is 0.149. The monoisotopic (exact) mass is 289 g/mol. The molecule has 1 rings (SSSR count). The minimum Gasteiger partial charge on any atom is -0.480 e. The summed E-state index contributed by atoms with van der Waals surface area (Å²) in [5, 5.41) is 8.93. The number of aliphatic carboxylic acids is 1. The van der Waals surface area contributed by atoms with Gasteiger partial charge in [0.05, 0.1) is 0 Å². The summed E-state index contributed by atoms with van der Waals surface area (Å²) in [5.74, 6) is -0.151. The molecule has 0 spiro atoms. The number of halogens is 1. The maximum atomic E-state index is 10.9. The Morgan fingerprint density at radius 2 is 2.27 bits per heavy atom. The summed E-state index contributed by atoms with van der Waals surface area (Å²) >= 11 is 4.71. The molecule has 0 atom stereocenters. The van der Waals surface area contributed by atoms with Gasteiger partial charge in [-0.05, 0) is 41.4 Å². The molecule has 82 valence electrons. The van der Waals surface area contributed by atoms with Crippen molar-refractivity contribution in [3.63, 3.8) is 0 Å². The molecule has 0 aromatic carbocycles. The summed E-state index contributed by atoms with van der Waals surface area (Å²) in [6, 6.07) is 1.94. The fourth-order valence-electron chi connectivity index (χ4n) is 0.860. The van der Waals surface area contributed by atoms with Gasteiger partial charge in [-0.2, -0.15) is 0 Å². The van der Waals surface area contributed by atoms with Gasteiger partial charge in [-0.3, -0.25) is 9.78 Å². The molecule has 1 N–H and O–H groups in total. The largest absolute Gasteiger partial charge is 0.480 e. The molecule has 0 radical (unpaired) electrons. The van der Waals surface area contributed by atoms with Crippen molar-refractivity contribution in [2.45, 2.75) is 24.3 Å². The van der Waals surface area contributed by atoms with E-state index in [1.54, 1.807) is 26.2 Å². The topological polar surface area (TPSA) is 50.2 Å². The van der Waals surface area contributed by atoms with Crippen molar-refractivity contribution >= 4 is 33.7 Å². The van der Waals surface area contributed by atoms with E-state index in [-0.39, 0.29) is 0 Å². The quantitative estimate of drug-likeness (QED) is 0.926. The first kappa shape index (κ1) is 12.5. The van der Waals surface area contributed by atoms with Gasteiger partial charge < -0.3 is 5.11 Å². The smallest absolute Gasteiger partial charge is 0.319 e. The molecular formula is C10H12BrNO2S. The van der Waals surface area contributed by atoms with Crippen LogP contribution in [0, 0.1) is 0 Å².